The minimum atomic E-state index is -5.08. The number of nitrogens with zero attached hydrogens (tertiary/aromatic N) is 2. The van der Waals surface area contributed by atoms with Gasteiger partial charge in [-0.3, -0.25) is 9.78 Å². The third-order valence-corrected chi connectivity index (χ3v) is 7.77. The van der Waals surface area contributed by atoms with Crippen LogP contribution in [0.5, 0.6) is 0 Å². The van der Waals surface area contributed by atoms with Crippen LogP contribution >= 0.6 is 0 Å². The number of carboxylic acids is 2. The molecule has 0 saturated heterocycles. The molecule has 0 spiro atoms. The number of alkyl halides is 6. The second-order valence-corrected chi connectivity index (χ2v) is 11.4. The van der Waals surface area contributed by atoms with Crippen LogP contribution in [0.4, 0.5) is 36.4 Å². The van der Waals surface area contributed by atoms with Crippen LogP contribution in [0.2, 0.25) is 0 Å². The Morgan fingerprint density at radius 2 is 1.39 bits per heavy atom. The summed E-state index contributed by atoms with van der Waals surface area (Å²) in [6, 6.07) is 19.6. The molecule has 8 nitrogen and oxygen atoms in total. The monoisotopic (exact) mass is 701 g/mol. The Morgan fingerprint density at radius 1 is 0.898 bits per heavy atom. The quantitative estimate of drug-likeness (QED) is 0.185. The number of rotatable bonds is 10. The number of aryl methyl sites for hydroxylation is 1. The molecule has 0 radical (unpaired) electrons. The third kappa shape index (κ3) is 12.5. The summed E-state index contributed by atoms with van der Waals surface area (Å²) in [5, 5.41) is 14.2. The predicted molar refractivity (Wildman–Crippen MR) is 168 cm³/mol. The summed E-state index contributed by atoms with van der Waals surface area (Å²) in [5.41, 5.74) is 11.3. The van der Waals surface area contributed by atoms with E-state index >= 15 is 0 Å². The van der Waals surface area contributed by atoms with Gasteiger partial charge in [0.2, 0.25) is 5.91 Å². The Morgan fingerprint density at radius 3 is 1.82 bits per heavy atom. The van der Waals surface area contributed by atoms with E-state index in [1.54, 1.807) is 17.2 Å². The Balaban J connectivity index is 0.000000500. The van der Waals surface area contributed by atoms with Gasteiger partial charge in [-0.15, -0.1) is 0 Å². The van der Waals surface area contributed by atoms with Crippen molar-refractivity contribution in [3.05, 3.63) is 83.9 Å². The maximum absolute atomic E-state index is 14.3. The highest BCUT2D eigenvalue weighted by Gasteiger charge is 2.48. The largest absolute Gasteiger partial charge is 0.490 e. The van der Waals surface area contributed by atoms with Crippen LogP contribution in [0, 0.1) is 17.7 Å². The van der Waals surface area contributed by atoms with Gasteiger partial charge < -0.3 is 20.8 Å². The van der Waals surface area contributed by atoms with Gasteiger partial charge in [0.25, 0.3) is 0 Å². The number of halogens is 7. The van der Waals surface area contributed by atoms with E-state index in [0.717, 1.165) is 36.1 Å². The zero-order valence-corrected chi connectivity index (χ0v) is 26.9. The zero-order valence-electron chi connectivity index (χ0n) is 26.9. The molecule has 4 N–H and O–H groups in total. The number of carboxylic acid groups (broad SMARTS) is 2. The Kier molecular flexibility index (Phi) is 14.7. The molecule has 1 aromatic heterocycles. The van der Waals surface area contributed by atoms with Gasteiger partial charge in [-0.2, -0.15) is 26.3 Å². The van der Waals surface area contributed by atoms with E-state index in [4.69, 9.17) is 25.5 Å². The number of pyridine rings is 1. The van der Waals surface area contributed by atoms with Crippen molar-refractivity contribution in [1.82, 2.24) is 4.98 Å². The summed E-state index contributed by atoms with van der Waals surface area (Å²) in [5.74, 6) is -6.02. The van der Waals surface area contributed by atoms with Crippen molar-refractivity contribution in [2.24, 2.45) is 17.6 Å². The lowest BCUT2D eigenvalue weighted by Gasteiger charge is -2.29. The summed E-state index contributed by atoms with van der Waals surface area (Å²) in [4.78, 5) is 37.4. The molecule has 268 valence electrons. The van der Waals surface area contributed by atoms with Crippen LogP contribution < -0.4 is 10.6 Å². The molecule has 1 aliphatic carbocycles. The topological polar surface area (TPSA) is 134 Å². The van der Waals surface area contributed by atoms with Gasteiger partial charge in [0, 0.05) is 36.3 Å². The molecule has 0 aliphatic heterocycles. The molecule has 49 heavy (non-hydrogen) atoms. The van der Waals surface area contributed by atoms with Crippen LogP contribution in [0.25, 0.3) is 11.1 Å². The normalized spacial score (nSPS) is 16.6. The number of hydrogen-bond acceptors (Lipinski definition) is 5. The SMILES string of the molecule is CCCc1ccc(-c2ccc(N(C[C@@H](N)[C@@H](C)CC)C(=O)[C@@H]3C[C@H]3c3ncccc3F)cc2)cc1.O=C(O)C(F)(F)F.O=C(O)C(F)(F)F. The van der Waals surface area contributed by atoms with Gasteiger partial charge in [0.1, 0.15) is 5.82 Å². The first-order valence-electron chi connectivity index (χ1n) is 15.3. The number of aliphatic carboxylic acids is 2. The lowest BCUT2D eigenvalue weighted by molar-refractivity contribution is -0.193. The zero-order chi connectivity index (χ0) is 37.1. The molecule has 1 aliphatic rings. The standard InChI is InChI=1S/C30H36FN3O.2C2HF3O2/c1-4-7-21-9-11-22(12-10-21)23-13-15-24(16-14-23)34(19-28(32)20(3)5-2)30(35)26-18-25(26)29-27(31)8-6-17-33-29;2*3-2(4,5)1(6)7/h6,8-17,20,25-26,28H,4-5,7,18-19,32H2,1-3H3;2*(H,6,7)/t20-,25+,26+,28+;;/m0../s1. The highest BCUT2D eigenvalue weighted by atomic mass is 19.4. The van der Waals surface area contributed by atoms with Crippen LogP contribution in [0.1, 0.15) is 57.2 Å². The van der Waals surface area contributed by atoms with Crippen molar-refractivity contribution in [3.8, 4) is 11.1 Å². The van der Waals surface area contributed by atoms with Crippen molar-refractivity contribution in [3.63, 3.8) is 0 Å². The number of aromatic nitrogens is 1. The number of amides is 1. The number of nitrogens with two attached hydrogens (primary N) is 1. The second-order valence-electron chi connectivity index (χ2n) is 11.4. The molecule has 0 bridgehead atoms. The summed E-state index contributed by atoms with van der Waals surface area (Å²) in [6.45, 7) is 6.84. The van der Waals surface area contributed by atoms with E-state index < -0.39 is 24.3 Å². The molecule has 1 heterocycles. The summed E-state index contributed by atoms with van der Waals surface area (Å²) < 4.78 is 77.7. The summed E-state index contributed by atoms with van der Waals surface area (Å²) >= 11 is 0. The molecule has 1 saturated carbocycles. The minimum Gasteiger partial charge on any atom is -0.475 e. The van der Waals surface area contributed by atoms with Gasteiger partial charge in [-0.05, 0) is 59.7 Å². The fourth-order valence-electron chi connectivity index (χ4n) is 4.64. The molecule has 1 amide bonds. The van der Waals surface area contributed by atoms with E-state index in [2.05, 4.69) is 62.2 Å². The first-order chi connectivity index (χ1) is 22.8. The summed E-state index contributed by atoms with van der Waals surface area (Å²) in [7, 11) is 0. The first-order valence-corrected chi connectivity index (χ1v) is 15.3. The van der Waals surface area contributed by atoms with Crippen molar-refractivity contribution in [2.45, 2.75) is 70.8 Å². The number of carbonyl (C=O) groups excluding carboxylic acids is 1. The third-order valence-electron chi connectivity index (χ3n) is 7.77. The predicted octanol–water partition coefficient (Wildman–Crippen LogP) is 7.62. The Hall–Kier alpha value is -4.53. The smallest absolute Gasteiger partial charge is 0.475 e. The summed E-state index contributed by atoms with van der Waals surface area (Å²) in [6.07, 6.45) is -4.81. The highest BCUT2D eigenvalue weighted by molar-refractivity contribution is 5.97. The van der Waals surface area contributed by atoms with E-state index in [9.17, 15) is 35.5 Å². The number of carbonyl (C=O) groups is 3. The van der Waals surface area contributed by atoms with E-state index in [1.807, 2.05) is 12.1 Å². The molecular weight excluding hydrogens is 663 g/mol. The number of benzene rings is 2. The van der Waals surface area contributed by atoms with Crippen molar-refractivity contribution in [1.29, 1.82) is 0 Å². The minimum absolute atomic E-state index is 0.00419. The fraction of sp³-hybridized carbons (Fsp3) is 0.412. The van der Waals surface area contributed by atoms with Crippen molar-refractivity contribution in [2.75, 3.05) is 11.4 Å². The van der Waals surface area contributed by atoms with Gasteiger partial charge in [-0.1, -0.05) is 70.0 Å². The first kappa shape index (κ1) is 40.6. The Bertz CT molecular complexity index is 1510. The lowest BCUT2D eigenvalue weighted by Crippen LogP contribution is -2.45. The van der Waals surface area contributed by atoms with Gasteiger partial charge in [0.05, 0.1) is 5.69 Å². The molecule has 2 aromatic carbocycles. The molecule has 4 atom stereocenters. The van der Waals surface area contributed by atoms with Crippen LogP contribution in [0.15, 0.2) is 66.9 Å². The molecule has 4 rings (SSSR count). The highest BCUT2D eigenvalue weighted by Crippen LogP contribution is 2.49. The van der Waals surface area contributed by atoms with Crippen LogP contribution in [0.3, 0.4) is 0 Å². The molecular formula is C34H38F7N3O5. The molecule has 3 aromatic rings. The molecule has 15 heteroatoms. The average Bonchev–Trinajstić information content (AvgIpc) is 3.84. The molecule has 1 fully saturated rings. The lowest BCUT2D eigenvalue weighted by atomic mass is 9.98. The fourth-order valence-corrected chi connectivity index (χ4v) is 4.64. The number of anilines is 1. The average molecular weight is 702 g/mol. The van der Waals surface area contributed by atoms with Crippen molar-refractivity contribution >= 4 is 23.5 Å². The van der Waals surface area contributed by atoms with Gasteiger partial charge >= 0.3 is 24.3 Å². The van der Waals surface area contributed by atoms with E-state index in [0.29, 0.717) is 18.7 Å². The van der Waals surface area contributed by atoms with E-state index in [1.165, 1.54) is 11.6 Å². The van der Waals surface area contributed by atoms with Crippen LogP contribution in [-0.4, -0.2) is 58.0 Å². The maximum atomic E-state index is 14.3. The maximum Gasteiger partial charge on any atom is 0.490 e. The van der Waals surface area contributed by atoms with Crippen molar-refractivity contribution < 1.29 is 55.3 Å². The number of hydrogen-bond donors (Lipinski definition) is 3. The van der Waals surface area contributed by atoms with E-state index in [-0.39, 0.29) is 35.5 Å². The molecule has 0 unspecified atom stereocenters. The van der Waals surface area contributed by atoms with Gasteiger partial charge in [-0.25, -0.2) is 14.0 Å². The van der Waals surface area contributed by atoms with Gasteiger partial charge in [0.15, 0.2) is 0 Å². The van der Waals surface area contributed by atoms with Crippen LogP contribution in [-0.2, 0) is 20.8 Å². The Labute approximate surface area is 278 Å². The second kappa shape index (κ2) is 17.7.